The number of ether oxygens (including phenoxy) is 1. The van der Waals surface area contributed by atoms with E-state index in [2.05, 4.69) is 5.32 Å². The molecule has 0 saturated carbocycles. The fourth-order valence-electron chi connectivity index (χ4n) is 3.50. The zero-order chi connectivity index (χ0) is 22.4. The Bertz CT molecular complexity index is 984. The van der Waals surface area contributed by atoms with Crippen LogP contribution in [0.3, 0.4) is 0 Å². The average Bonchev–Trinajstić information content (AvgIpc) is 3.19. The van der Waals surface area contributed by atoms with Crippen LogP contribution in [-0.4, -0.2) is 36.7 Å². The maximum Gasteiger partial charge on any atom is 0.311 e. The first-order valence-electron chi connectivity index (χ1n) is 10.4. The Hall–Kier alpha value is -3.48. The molecule has 0 aliphatic carbocycles. The zero-order valence-corrected chi connectivity index (χ0v) is 17.7. The highest BCUT2D eigenvalue weighted by Crippen LogP contribution is 2.29. The Kier molecular flexibility index (Phi) is 7.18. The van der Waals surface area contributed by atoms with Crippen LogP contribution in [0.25, 0.3) is 0 Å². The van der Waals surface area contributed by atoms with Gasteiger partial charge in [-0.15, -0.1) is 0 Å². The van der Waals surface area contributed by atoms with Crippen molar-refractivity contribution in [1.82, 2.24) is 0 Å². The number of amides is 2. The largest absolute Gasteiger partial charge is 0.457 e. The number of anilines is 2. The van der Waals surface area contributed by atoms with Crippen LogP contribution >= 0.6 is 0 Å². The molecule has 2 amide bonds. The van der Waals surface area contributed by atoms with Crippen molar-refractivity contribution in [2.24, 2.45) is 5.92 Å². The molecule has 1 N–H and O–H groups in total. The van der Waals surface area contributed by atoms with E-state index in [-0.39, 0.29) is 30.6 Å². The molecule has 7 heteroatoms. The lowest BCUT2D eigenvalue weighted by molar-refractivity contribution is -0.147. The first-order valence-corrected chi connectivity index (χ1v) is 10.4. The fraction of sp³-hybridized carbons (Fsp3) is 0.333. The van der Waals surface area contributed by atoms with Crippen LogP contribution in [0.5, 0.6) is 0 Å². The summed E-state index contributed by atoms with van der Waals surface area (Å²) in [6.45, 7) is 3.62. The Morgan fingerprint density at radius 3 is 2.45 bits per heavy atom. The number of rotatable bonds is 8. The first kappa shape index (κ1) is 22.2. The topological polar surface area (TPSA) is 92.8 Å². The summed E-state index contributed by atoms with van der Waals surface area (Å²) in [5.74, 6) is -1.74. The number of hydrogen-bond acceptors (Lipinski definition) is 5. The predicted octanol–water partition coefficient (Wildman–Crippen LogP) is 3.38. The number of aryl methyl sites for hydroxylation is 1. The van der Waals surface area contributed by atoms with Gasteiger partial charge in [-0.2, -0.15) is 0 Å². The molecule has 7 nitrogen and oxygen atoms in total. The summed E-state index contributed by atoms with van der Waals surface area (Å²) in [7, 11) is 0. The molecule has 0 bridgehead atoms. The SMILES string of the molecule is CCC(=O)Nc1ccc(C(=O)COC(=O)[C@@H]2CC(=O)N(c3ccccc3CC)C2)cc1. The van der Waals surface area contributed by atoms with Crippen molar-refractivity contribution >= 4 is 34.9 Å². The van der Waals surface area contributed by atoms with Crippen molar-refractivity contribution in [2.75, 3.05) is 23.4 Å². The Morgan fingerprint density at radius 2 is 1.77 bits per heavy atom. The molecule has 0 aromatic heterocycles. The highest BCUT2D eigenvalue weighted by atomic mass is 16.5. The van der Waals surface area contributed by atoms with Gasteiger partial charge in [-0.3, -0.25) is 19.2 Å². The van der Waals surface area contributed by atoms with Crippen LogP contribution in [0.2, 0.25) is 0 Å². The molecule has 2 aromatic rings. The van der Waals surface area contributed by atoms with Crippen molar-refractivity contribution in [3.05, 3.63) is 59.7 Å². The number of hydrogen-bond donors (Lipinski definition) is 1. The number of carbonyl (C=O) groups excluding carboxylic acids is 4. The quantitative estimate of drug-likeness (QED) is 0.520. The highest BCUT2D eigenvalue weighted by molar-refractivity contribution is 6.01. The van der Waals surface area contributed by atoms with E-state index in [1.54, 1.807) is 36.1 Å². The van der Waals surface area contributed by atoms with Gasteiger partial charge in [0, 0.05) is 36.3 Å². The number of carbonyl (C=O) groups is 4. The number of nitrogens with one attached hydrogen (secondary N) is 1. The standard InChI is InChI=1S/C24H26N2O5/c1-3-16-7-5-6-8-20(16)26-14-18(13-23(26)29)24(30)31-15-21(27)17-9-11-19(12-10-17)25-22(28)4-2/h5-12,18H,3-4,13-15H2,1-2H3,(H,25,28)/t18-/m1/s1. The lowest BCUT2D eigenvalue weighted by atomic mass is 10.1. The van der Waals surface area contributed by atoms with Gasteiger partial charge in [0.1, 0.15) is 0 Å². The summed E-state index contributed by atoms with van der Waals surface area (Å²) in [6, 6.07) is 14.0. The van der Waals surface area contributed by atoms with E-state index in [1.807, 2.05) is 31.2 Å². The summed E-state index contributed by atoms with van der Waals surface area (Å²) in [5.41, 5.74) is 2.83. The van der Waals surface area contributed by atoms with Gasteiger partial charge in [0.05, 0.1) is 5.92 Å². The van der Waals surface area contributed by atoms with E-state index in [0.29, 0.717) is 17.7 Å². The van der Waals surface area contributed by atoms with E-state index in [9.17, 15) is 19.2 Å². The van der Waals surface area contributed by atoms with Gasteiger partial charge in [-0.25, -0.2) is 0 Å². The molecule has 1 heterocycles. The van der Waals surface area contributed by atoms with Crippen LogP contribution in [-0.2, 0) is 25.5 Å². The lowest BCUT2D eigenvalue weighted by Gasteiger charge is -2.19. The first-order chi connectivity index (χ1) is 14.9. The molecule has 1 fully saturated rings. The predicted molar refractivity (Wildman–Crippen MR) is 117 cm³/mol. The molecule has 0 radical (unpaired) electrons. The third-order valence-electron chi connectivity index (χ3n) is 5.28. The Balaban J connectivity index is 1.55. The number of ketones is 1. The number of esters is 1. The van der Waals surface area contributed by atoms with Crippen molar-refractivity contribution < 1.29 is 23.9 Å². The van der Waals surface area contributed by atoms with E-state index in [4.69, 9.17) is 4.74 Å². The maximum absolute atomic E-state index is 12.5. The summed E-state index contributed by atoms with van der Waals surface area (Å²) in [6.07, 6.45) is 1.21. The van der Waals surface area contributed by atoms with Crippen molar-refractivity contribution in [1.29, 1.82) is 0 Å². The Morgan fingerprint density at radius 1 is 1.06 bits per heavy atom. The third-order valence-corrected chi connectivity index (χ3v) is 5.28. The van der Waals surface area contributed by atoms with E-state index >= 15 is 0 Å². The van der Waals surface area contributed by atoms with Crippen LogP contribution < -0.4 is 10.2 Å². The van der Waals surface area contributed by atoms with Crippen molar-refractivity contribution in [2.45, 2.75) is 33.1 Å². The lowest BCUT2D eigenvalue weighted by Crippen LogP contribution is -2.28. The smallest absolute Gasteiger partial charge is 0.311 e. The molecular formula is C24H26N2O5. The average molecular weight is 422 g/mol. The normalized spacial score (nSPS) is 15.6. The maximum atomic E-state index is 12.5. The second-order valence-corrected chi connectivity index (χ2v) is 7.40. The second-order valence-electron chi connectivity index (χ2n) is 7.40. The summed E-state index contributed by atoms with van der Waals surface area (Å²) in [4.78, 5) is 50.3. The second kappa shape index (κ2) is 10.0. The summed E-state index contributed by atoms with van der Waals surface area (Å²) >= 11 is 0. The monoisotopic (exact) mass is 422 g/mol. The molecule has 162 valence electrons. The number of nitrogens with zero attached hydrogens (tertiary/aromatic N) is 1. The van der Waals surface area contributed by atoms with E-state index < -0.39 is 18.5 Å². The van der Waals surface area contributed by atoms with Gasteiger partial charge < -0.3 is 15.0 Å². The van der Waals surface area contributed by atoms with Gasteiger partial charge >= 0.3 is 5.97 Å². The number of benzene rings is 2. The molecule has 0 spiro atoms. The molecule has 1 atom stereocenters. The van der Waals surface area contributed by atoms with Crippen LogP contribution in [0.4, 0.5) is 11.4 Å². The molecular weight excluding hydrogens is 396 g/mol. The number of para-hydroxylation sites is 1. The third kappa shape index (κ3) is 5.36. The minimum atomic E-state index is -0.600. The zero-order valence-electron chi connectivity index (χ0n) is 17.7. The summed E-state index contributed by atoms with van der Waals surface area (Å²) < 4.78 is 5.21. The molecule has 31 heavy (non-hydrogen) atoms. The Labute approximate surface area is 181 Å². The van der Waals surface area contributed by atoms with Crippen molar-refractivity contribution in [3.63, 3.8) is 0 Å². The molecule has 0 unspecified atom stereocenters. The summed E-state index contributed by atoms with van der Waals surface area (Å²) in [5, 5.41) is 2.70. The van der Waals surface area contributed by atoms with Crippen molar-refractivity contribution in [3.8, 4) is 0 Å². The van der Waals surface area contributed by atoms with Gasteiger partial charge in [0.2, 0.25) is 11.8 Å². The van der Waals surface area contributed by atoms with Crippen LogP contribution in [0.15, 0.2) is 48.5 Å². The minimum Gasteiger partial charge on any atom is -0.457 e. The van der Waals surface area contributed by atoms with Gasteiger partial charge in [0.15, 0.2) is 12.4 Å². The number of Topliss-reactive ketones (excluding diaryl/α,β-unsaturated/α-hetero) is 1. The molecule has 1 saturated heterocycles. The van der Waals surface area contributed by atoms with E-state index in [0.717, 1.165) is 17.7 Å². The molecule has 2 aromatic carbocycles. The van der Waals surface area contributed by atoms with Gasteiger partial charge in [0.25, 0.3) is 0 Å². The highest BCUT2D eigenvalue weighted by Gasteiger charge is 2.37. The van der Waals surface area contributed by atoms with Gasteiger partial charge in [-0.05, 0) is 42.3 Å². The van der Waals surface area contributed by atoms with Crippen LogP contribution in [0.1, 0.15) is 42.6 Å². The molecule has 3 rings (SSSR count). The van der Waals surface area contributed by atoms with Gasteiger partial charge in [-0.1, -0.05) is 32.0 Å². The van der Waals surface area contributed by atoms with Crippen LogP contribution in [0, 0.1) is 5.92 Å². The minimum absolute atomic E-state index is 0.0664. The van der Waals surface area contributed by atoms with E-state index in [1.165, 1.54) is 0 Å². The molecule has 1 aliphatic heterocycles. The fourth-order valence-corrected chi connectivity index (χ4v) is 3.50. The molecule has 1 aliphatic rings.